The van der Waals surface area contributed by atoms with Crippen LogP contribution in [0.3, 0.4) is 0 Å². The molecule has 2 aromatic rings. The Morgan fingerprint density at radius 3 is 2.33 bits per heavy atom. The highest BCUT2D eigenvalue weighted by atomic mass is 16.3. The Hall–Kier alpha value is -1.77. The van der Waals surface area contributed by atoms with Crippen LogP contribution in [-0.2, 0) is 11.8 Å². The van der Waals surface area contributed by atoms with Crippen LogP contribution in [0.25, 0.3) is 5.69 Å². The maximum absolute atomic E-state index is 10.7. The largest absolute Gasteiger partial charge is 0.493 e. The number of benzene rings is 1. The van der Waals surface area contributed by atoms with E-state index >= 15 is 0 Å². The van der Waals surface area contributed by atoms with Crippen LogP contribution >= 0.6 is 0 Å². The van der Waals surface area contributed by atoms with E-state index in [1.807, 2.05) is 6.07 Å². The van der Waals surface area contributed by atoms with Crippen LogP contribution in [0.5, 0.6) is 5.88 Å². The third kappa shape index (κ3) is 2.97. The van der Waals surface area contributed by atoms with E-state index in [-0.39, 0.29) is 11.3 Å². The van der Waals surface area contributed by atoms with Gasteiger partial charge in [0.2, 0.25) is 5.88 Å². The van der Waals surface area contributed by atoms with Gasteiger partial charge in [0.1, 0.15) is 0 Å². The Labute approximate surface area is 127 Å². The molecule has 1 heterocycles. The van der Waals surface area contributed by atoms with Gasteiger partial charge in [0.05, 0.1) is 11.4 Å². The van der Waals surface area contributed by atoms with Gasteiger partial charge in [-0.25, -0.2) is 4.68 Å². The number of rotatable bonds is 3. The summed E-state index contributed by atoms with van der Waals surface area (Å²) >= 11 is 0. The van der Waals surface area contributed by atoms with Gasteiger partial charge in [-0.3, -0.25) is 0 Å². The molecule has 0 unspecified atom stereocenters. The van der Waals surface area contributed by atoms with Crippen molar-refractivity contribution in [2.24, 2.45) is 0 Å². The Balaban J connectivity index is 2.62. The zero-order valence-electron chi connectivity index (χ0n) is 14.0. The molecule has 0 atom stereocenters. The second kappa shape index (κ2) is 5.55. The van der Waals surface area contributed by atoms with E-state index in [1.54, 1.807) is 4.68 Å². The normalized spacial score (nSPS) is 11.9. The Morgan fingerprint density at radius 2 is 1.81 bits per heavy atom. The first-order valence-corrected chi connectivity index (χ1v) is 7.64. The van der Waals surface area contributed by atoms with E-state index in [4.69, 9.17) is 0 Å². The average molecular weight is 286 g/mol. The highest BCUT2D eigenvalue weighted by Crippen LogP contribution is 2.36. The van der Waals surface area contributed by atoms with Gasteiger partial charge in [-0.1, -0.05) is 40.2 Å². The number of hydrogen-bond acceptors (Lipinski definition) is 2. The first-order valence-electron chi connectivity index (χ1n) is 7.64. The molecule has 21 heavy (non-hydrogen) atoms. The maximum Gasteiger partial charge on any atom is 0.218 e. The number of aryl methyl sites for hydroxylation is 3. The highest BCUT2D eigenvalue weighted by Gasteiger charge is 2.27. The summed E-state index contributed by atoms with van der Waals surface area (Å²) < 4.78 is 1.68. The summed E-state index contributed by atoms with van der Waals surface area (Å²) in [5, 5.41) is 15.4. The van der Waals surface area contributed by atoms with E-state index in [1.165, 1.54) is 11.1 Å². The van der Waals surface area contributed by atoms with E-state index in [9.17, 15) is 5.11 Å². The first-order chi connectivity index (χ1) is 9.75. The fourth-order valence-corrected chi connectivity index (χ4v) is 2.67. The van der Waals surface area contributed by atoms with E-state index in [0.29, 0.717) is 0 Å². The SMILES string of the molecule is CCCc1nn(-c2ccc(C)c(C)c2)c(O)c1C(C)(C)C. The third-order valence-corrected chi connectivity index (χ3v) is 3.91. The smallest absolute Gasteiger partial charge is 0.218 e. The van der Waals surface area contributed by atoms with Crippen LogP contribution in [0.2, 0.25) is 0 Å². The summed E-state index contributed by atoms with van der Waals surface area (Å²) in [6.45, 7) is 12.7. The molecule has 0 radical (unpaired) electrons. The molecule has 0 saturated carbocycles. The summed E-state index contributed by atoms with van der Waals surface area (Å²) in [5.41, 5.74) is 5.21. The lowest BCUT2D eigenvalue weighted by atomic mass is 9.86. The minimum Gasteiger partial charge on any atom is -0.493 e. The van der Waals surface area contributed by atoms with Gasteiger partial charge in [0, 0.05) is 5.56 Å². The van der Waals surface area contributed by atoms with E-state index in [2.05, 4.69) is 58.8 Å². The monoisotopic (exact) mass is 286 g/mol. The lowest BCUT2D eigenvalue weighted by Crippen LogP contribution is -2.13. The average Bonchev–Trinajstić information content (AvgIpc) is 2.70. The standard InChI is InChI=1S/C18H26N2O/c1-7-8-15-16(18(4,5)6)17(21)20(19-15)14-10-9-12(2)13(3)11-14/h9-11,21H,7-8H2,1-6H3. The highest BCUT2D eigenvalue weighted by molar-refractivity contribution is 5.46. The Kier molecular flexibility index (Phi) is 4.13. The number of aromatic nitrogens is 2. The minimum atomic E-state index is -0.118. The molecule has 0 aliphatic rings. The quantitative estimate of drug-likeness (QED) is 0.905. The first kappa shape index (κ1) is 15.6. The van der Waals surface area contributed by atoms with Gasteiger partial charge in [-0.05, 0) is 48.9 Å². The summed E-state index contributed by atoms with van der Waals surface area (Å²) in [6.07, 6.45) is 1.91. The molecule has 0 spiro atoms. The Bertz CT molecular complexity index is 648. The molecule has 2 rings (SSSR count). The second-order valence-electron chi connectivity index (χ2n) is 6.83. The summed E-state index contributed by atoms with van der Waals surface area (Å²) in [6, 6.07) is 6.16. The molecule has 0 saturated heterocycles. The van der Waals surface area contributed by atoms with Crippen molar-refractivity contribution in [1.82, 2.24) is 9.78 Å². The molecule has 0 aliphatic carbocycles. The fraction of sp³-hybridized carbons (Fsp3) is 0.500. The molecule has 0 bridgehead atoms. The number of nitrogens with zero attached hydrogens (tertiary/aromatic N) is 2. The molecule has 0 amide bonds. The molecule has 0 fully saturated rings. The van der Waals surface area contributed by atoms with Crippen molar-refractivity contribution < 1.29 is 5.11 Å². The molecule has 114 valence electrons. The van der Waals surface area contributed by atoms with Crippen molar-refractivity contribution in [3.63, 3.8) is 0 Å². The van der Waals surface area contributed by atoms with Crippen LogP contribution < -0.4 is 0 Å². The molecular formula is C18H26N2O. The van der Waals surface area contributed by atoms with E-state index in [0.717, 1.165) is 29.8 Å². The number of aromatic hydroxyl groups is 1. The molecule has 0 aliphatic heterocycles. The zero-order valence-corrected chi connectivity index (χ0v) is 14.0. The lowest BCUT2D eigenvalue weighted by Gasteiger charge is -2.19. The van der Waals surface area contributed by atoms with Crippen molar-refractivity contribution in [2.75, 3.05) is 0 Å². The van der Waals surface area contributed by atoms with Crippen molar-refractivity contribution in [1.29, 1.82) is 0 Å². The molecular weight excluding hydrogens is 260 g/mol. The van der Waals surface area contributed by atoms with Crippen molar-refractivity contribution >= 4 is 0 Å². The van der Waals surface area contributed by atoms with Gasteiger partial charge in [-0.2, -0.15) is 5.10 Å². The Morgan fingerprint density at radius 1 is 1.14 bits per heavy atom. The van der Waals surface area contributed by atoms with Gasteiger partial charge in [0.15, 0.2) is 0 Å². The van der Waals surface area contributed by atoms with E-state index < -0.39 is 0 Å². The summed E-state index contributed by atoms with van der Waals surface area (Å²) in [5.74, 6) is 0.272. The fourth-order valence-electron chi connectivity index (χ4n) is 2.67. The predicted octanol–water partition coefficient (Wildman–Crippen LogP) is 4.44. The van der Waals surface area contributed by atoms with Crippen LogP contribution in [0, 0.1) is 13.8 Å². The van der Waals surface area contributed by atoms with Gasteiger partial charge < -0.3 is 5.11 Å². The van der Waals surface area contributed by atoms with Crippen LogP contribution in [0.15, 0.2) is 18.2 Å². The maximum atomic E-state index is 10.7. The van der Waals surface area contributed by atoms with Crippen molar-refractivity contribution in [3.8, 4) is 11.6 Å². The second-order valence-corrected chi connectivity index (χ2v) is 6.83. The third-order valence-electron chi connectivity index (χ3n) is 3.91. The number of hydrogen-bond donors (Lipinski definition) is 1. The minimum absolute atomic E-state index is 0.118. The van der Waals surface area contributed by atoms with Crippen LogP contribution in [0.4, 0.5) is 0 Å². The molecule has 3 nitrogen and oxygen atoms in total. The van der Waals surface area contributed by atoms with Gasteiger partial charge in [0.25, 0.3) is 0 Å². The molecule has 3 heteroatoms. The molecule has 1 N–H and O–H groups in total. The molecule has 1 aromatic carbocycles. The summed E-state index contributed by atoms with van der Waals surface area (Å²) in [4.78, 5) is 0. The zero-order chi connectivity index (χ0) is 15.8. The molecule has 1 aromatic heterocycles. The van der Waals surface area contributed by atoms with Crippen molar-refractivity contribution in [2.45, 2.75) is 59.8 Å². The lowest BCUT2D eigenvalue weighted by molar-refractivity contribution is 0.413. The van der Waals surface area contributed by atoms with Crippen LogP contribution in [0.1, 0.15) is 56.5 Å². The topological polar surface area (TPSA) is 38.0 Å². The predicted molar refractivity (Wildman–Crippen MR) is 87.4 cm³/mol. The summed E-state index contributed by atoms with van der Waals surface area (Å²) in [7, 11) is 0. The van der Waals surface area contributed by atoms with Gasteiger partial charge in [-0.15, -0.1) is 0 Å². The van der Waals surface area contributed by atoms with Crippen LogP contribution in [-0.4, -0.2) is 14.9 Å². The van der Waals surface area contributed by atoms with Gasteiger partial charge >= 0.3 is 0 Å². The van der Waals surface area contributed by atoms with Crippen molar-refractivity contribution in [3.05, 3.63) is 40.6 Å².